The molecule has 1 atom stereocenters. The van der Waals surface area contributed by atoms with Gasteiger partial charge in [0, 0.05) is 0 Å². The van der Waals surface area contributed by atoms with Crippen LogP contribution >= 0.6 is 23.4 Å². The lowest BCUT2D eigenvalue weighted by Crippen LogP contribution is -2.20. The summed E-state index contributed by atoms with van der Waals surface area (Å²) in [5, 5.41) is 0. The summed E-state index contributed by atoms with van der Waals surface area (Å²) < 4.78 is -0.708. The minimum absolute atomic E-state index is 0.00617. The van der Waals surface area contributed by atoms with Crippen molar-refractivity contribution in [3.63, 3.8) is 0 Å². The van der Waals surface area contributed by atoms with Gasteiger partial charge in [0.25, 0.3) is 0 Å². The van der Waals surface area contributed by atoms with Gasteiger partial charge < -0.3 is 0 Å². The van der Waals surface area contributed by atoms with E-state index in [0.29, 0.717) is 0 Å². The molecule has 0 heterocycles. The van der Waals surface area contributed by atoms with Gasteiger partial charge in [-0.15, -0.1) is 11.8 Å². The lowest BCUT2D eigenvalue weighted by Gasteiger charge is -2.13. The predicted molar refractivity (Wildman–Crippen MR) is 38.5 cm³/mol. The van der Waals surface area contributed by atoms with Gasteiger partial charge in [0.2, 0.25) is 0 Å². The Morgan fingerprint density at radius 3 is 2.12 bits per heavy atom. The molecule has 0 aromatic carbocycles. The number of thioether (sulfide) groups is 1. The van der Waals surface area contributed by atoms with Crippen LogP contribution in [0.2, 0.25) is 0 Å². The van der Waals surface area contributed by atoms with E-state index in [0.717, 1.165) is 0 Å². The molecule has 0 saturated heterocycles. The van der Waals surface area contributed by atoms with Crippen molar-refractivity contribution in [2.24, 2.45) is 0 Å². The van der Waals surface area contributed by atoms with Crippen molar-refractivity contribution in [3.05, 3.63) is 0 Å². The fourth-order valence-electron chi connectivity index (χ4n) is 0.144. The molecule has 3 heteroatoms. The fourth-order valence-corrected chi connectivity index (χ4v) is 0.431. The summed E-state index contributed by atoms with van der Waals surface area (Å²) in [6, 6.07) is 0. The molecule has 48 valence electrons. The minimum atomic E-state index is -0.708. The monoisotopic (exact) mass is 152 g/mol. The molecule has 0 amide bonds. The van der Waals surface area contributed by atoms with Gasteiger partial charge in [0.15, 0.2) is 5.78 Å². The summed E-state index contributed by atoms with van der Waals surface area (Å²) in [4.78, 5) is 10.5. The summed E-state index contributed by atoms with van der Waals surface area (Å²) in [5.41, 5.74) is 0. The Labute approximate surface area is 58.8 Å². The molecule has 0 aromatic heterocycles. The van der Waals surface area contributed by atoms with Crippen LogP contribution in [0.1, 0.15) is 13.8 Å². The van der Waals surface area contributed by atoms with E-state index in [1.807, 2.05) is 6.26 Å². The predicted octanol–water partition coefficient (Wildman–Crippen LogP) is 1.89. The zero-order valence-corrected chi connectivity index (χ0v) is 6.77. The molecule has 1 unspecified atom stereocenters. The van der Waals surface area contributed by atoms with Gasteiger partial charge in [-0.2, -0.15) is 0 Å². The summed E-state index contributed by atoms with van der Waals surface area (Å²) in [6.07, 6.45) is 1.81. The molecule has 0 aromatic rings. The number of rotatable bonds is 2. The Bertz CT molecular complexity index is 101. The third-order valence-electron chi connectivity index (χ3n) is 1.01. The van der Waals surface area contributed by atoms with E-state index in [9.17, 15) is 4.79 Å². The van der Waals surface area contributed by atoms with Gasteiger partial charge in [-0.3, -0.25) is 4.79 Å². The van der Waals surface area contributed by atoms with Gasteiger partial charge in [-0.05, 0) is 20.1 Å². The SMILES string of the molecule is CSC(C)(Cl)C(C)=O. The second kappa shape index (κ2) is 2.74. The van der Waals surface area contributed by atoms with Crippen molar-refractivity contribution < 1.29 is 4.79 Å². The molecule has 0 fully saturated rings. The third kappa shape index (κ3) is 2.05. The van der Waals surface area contributed by atoms with E-state index in [4.69, 9.17) is 11.6 Å². The maximum atomic E-state index is 10.5. The van der Waals surface area contributed by atoms with E-state index in [2.05, 4.69) is 0 Å². The van der Waals surface area contributed by atoms with E-state index in [1.54, 1.807) is 6.92 Å². The minimum Gasteiger partial charge on any atom is -0.297 e. The van der Waals surface area contributed by atoms with Crippen LogP contribution in [0.15, 0.2) is 0 Å². The number of carbonyl (C=O) groups is 1. The van der Waals surface area contributed by atoms with E-state index in [1.165, 1.54) is 18.7 Å². The second-order valence-corrected chi connectivity index (χ2v) is 3.88. The highest BCUT2D eigenvalue weighted by molar-refractivity contribution is 8.02. The fraction of sp³-hybridized carbons (Fsp3) is 0.800. The molecule has 0 aliphatic heterocycles. The molecule has 0 rings (SSSR count). The molecular formula is C5H9ClOS. The molecule has 1 nitrogen and oxygen atoms in total. The highest BCUT2D eigenvalue weighted by Gasteiger charge is 2.24. The maximum absolute atomic E-state index is 10.5. The highest BCUT2D eigenvalue weighted by Crippen LogP contribution is 2.27. The first-order valence-corrected chi connectivity index (χ1v) is 3.86. The van der Waals surface area contributed by atoms with Crippen LogP contribution in [-0.2, 0) is 4.79 Å². The van der Waals surface area contributed by atoms with Crippen LogP contribution in [0.25, 0.3) is 0 Å². The average molecular weight is 153 g/mol. The normalized spacial score (nSPS) is 17.5. The smallest absolute Gasteiger partial charge is 0.160 e. The largest absolute Gasteiger partial charge is 0.297 e. The van der Waals surface area contributed by atoms with Gasteiger partial charge in [-0.1, -0.05) is 11.6 Å². The number of hydrogen-bond donors (Lipinski definition) is 0. The molecule has 8 heavy (non-hydrogen) atoms. The molecule has 0 aliphatic carbocycles. The Morgan fingerprint density at radius 2 is 2.12 bits per heavy atom. The van der Waals surface area contributed by atoms with Crippen LogP contribution in [0.3, 0.4) is 0 Å². The van der Waals surface area contributed by atoms with Crippen molar-refractivity contribution in [3.8, 4) is 0 Å². The summed E-state index contributed by atoms with van der Waals surface area (Å²) >= 11 is 7.02. The quantitative estimate of drug-likeness (QED) is 0.563. The van der Waals surface area contributed by atoms with Gasteiger partial charge >= 0.3 is 0 Å². The summed E-state index contributed by atoms with van der Waals surface area (Å²) in [7, 11) is 0. The molecule has 0 radical (unpaired) electrons. The summed E-state index contributed by atoms with van der Waals surface area (Å²) in [5.74, 6) is 0.00617. The first kappa shape index (κ1) is 8.31. The van der Waals surface area contributed by atoms with E-state index < -0.39 is 4.21 Å². The number of carbonyl (C=O) groups excluding carboxylic acids is 1. The maximum Gasteiger partial charge on any atom is 0.160 e. The van der Waals surface area contributed by atoms with Gasteiger partial charge in [-0.25, -0.2) is 0 Å². The number of alkyl halides is 1. The van der Waals surface area contributed by atoms with Crippen LogP contribution in [0, 0.1) is 0 Å². The van der Waals surface area contributed by atoms with Crippen LogP contribution in [0.5, 0.6) is 0 Å². The van der Waals surface area contributed by atoms with E-state index >= 15 is 0 Å². The topological polar surface area (TPSA) is 17.1 Å². The van der Waals surface area contributed by atoms with Crippen molar-refractivity contribution >= 4 is 29.1 Å². The lowest BCUT2D eigenvalue weighted by molar-refractivity contribution is -0.117. The molecule has 0 saturated carbocycles. The van der Waals surface area contributed by atoms with Crippen molar-refractivity contribution in [2.45, 2.75) is 18.1 Å². The van der Waals surface area contributed by atoms with E-state index in [-0.39, 0.29) is 5.78 Å². The van der Waals surface area contributed by atoms with Gasteiger partial charge in [0.05, 0.1) is 0 Å². The average Bonchev–Trinajstić information content (AvgIpc) is 1.67. The van der Waals surface area contributed by atoms with Crippen molar-refractivity contribution in [1.82, 2.24) is 0 Å². The number of halogens is 1. The molecule has 0 bridgehead atoms. The standard InChI is InChI=1S/C5H9ClOS/c1-4(7)5(2,6)8-3/h1-3H3. The lowest BCUT2D eigenvalue weighted by atomic mass is 10.3. The Hall–Kier alpha value is 0.310. The Morgan fingerprint density at radius 1 is 1.75 bits per heavy atom. The Kier molecular flexibility index (Phi) is 2.84. The first-order valence-electron chi connectivity index (χ1n) is 2.26. The summed E-state index contributed by atoms with van der Waals surface area (Å²) in [6.45, 7) is 3.19. The van der Waals surface area contributed by atoms with Gasteiger partial charge in [0.1, 0.15) is 4.21 Å². The van der Waals surface area contributed by atoms with Crippen LogP contribution < -0.4 is 0 Å². The first-order chi connectivity index (χ1) is 3.50. The van der Waals surface area contributed by atoms with Crippen LogP contribution in [-0.4, -0.2) is 16.2 Å². The van der Waals surface area contributed by atoms with Crippen molar-refractivity contribution in [1.29, 1.82) is 0 Å². The zero-order valence-electron chi connectivity index (χ0n) is 5.19. The number of ketones is 1. The van der Waals surface area contributed by atoms with Crippen LogP contribution in [0.4, 0.5) is 0 Å². The highest BCUT2D eigenvalue weighted by atomic mass is 35.5. The Balaban J connectivity index is 3.91. The molecular weight excluding hydrogens is 144 g/mol. The second-order valence-electron chi connectivity index (χ2n) is 1.68. The molecule has 0 spiro atoms. The number of Topliss-reactive ketones (excluding diaryl/α,β-unsaturated/α-hetero) is 1. The van der Waals surface area contributed by atoms with Crippen molar-refractivity contribution in [2.75, 3.05) is 6.26 Å². The molecule has 0 N–H and O–H groups in total. The third-order valence-corrected chi connectivity index (χ3v) is 2.80. The molecule has 0 aliphatic rings. The zero-order chi connectivity index (χ0) is 6.78. The number of hydrogen-bond acceptors (Lipinski definition) is 2.